The van der Waals surface area contributed by atoms with Crippen molar-refractivity contribution >= 4 is 39.1 Å². The monoisotopic (exact) mass is 599 g/mol. The summed E-state index contributed by atoms with van der Waals surface area (Å²) in [5.41, 5.74) is 1.83. The van der Waals surface area contributed by atoms with Gasteiger partial charge in [-0.2, -0.15) is 0 Å². The summed E-state index contributed by atoms with van der Waals surface area (Å²) in [6.45, 7) is 9.68. The number of hydrogen-bond donors (Lipinski definition) is 1. The van der Waals surface area contributed by atoms with Crippen molar-refractivity contribution in [3.8, 4) is 5.75 Å². The molecule has 0 spiro atoms. The van der Waals surface area contributed by atoms with Gasteiger partial charge in [-0.1, -0.05) is 61.3 Å². The fraction of sp³-hybridized carbons (Fsp3) is 0.355. The summed E-state index contributed by atoms with van der Waals surface area (Å²) in [7, 11) is -4.15. The van der Waals surface area contributed by atoms with E-state index in [0.717, 1.165) is 9.87 Å². The molecule has 1 atom stereocenters. The summed E-state index contributed by atoms with van der Waals surface area (Å²) in [6, 6.07) is 19.1. The Labute approximate surface area is 248 Å². The van der Waals surface area contributed by atoms with E-state index in [4.69, 9.17) is 16.3 Å². The minimum absolute atomic E-state index is 0.0243. The normalized spacial score (nSPS) is 12.1. The second kappa shape index (κ2) is 14.4. The van der Waals surface area contributed by atoms with Crippen molar-refractivity contribution in [3.63, 3.8) is 0 Å². The van der Waals surface area contributed by atoms with Crippen molar-refractivity contribution in [1.29, 1.82) is 0 Å². The first-order valence-corrected chi connectivity index (χ1v) is 15.4. The number of rotatable bonds is 13. The fourth-order valence-electron chi connectivity index (χ4n) is 4.09. The zero-order valence-electron chi connectivity index (χ0n) is 24.1. The van der Waals surface area contributed by atoms with Crippen LogP contribution in [-0.2, 0) is 26.2 Å². The number of nitrogens with one attached hydrogen (secondary N) is 1. The van der Waals surface area contributed by atoms with Crippen LogP contribution in [0.15, 0.2) is 77.7 Å². The van der Waals surface area contributed by atoms with Gasteiger partial charge in [-0.3, -0.25) is 13.9 Å². The molecule has 0 saturated carbocycles. The first kappa shape index (κ1) is 32.0. The SMILES string of the molecule is CCOc1ccc(N(CC(=O)N(Cc2ccccc2Cl)[C@H](C)C(=O)NCC(C)C)S(=O)(=O)c2ccc(C)cc2)cc1. The highest BCUT2D eigenvalue weighted by Crippen LogP contribution is 2.27. The predicted molar refractivity (Wildman–Crippen MR) is 163 cm³/mol. The Bertz CT molecular complexity index is 1430. The number of anilines is 1. The number of sulfonamides is 1. The number of amides is 2. The molecule has 0 saturated heterocycles. The van der Waals surface area contributed by atoms with Gasteiger partial charge >= 0.3 is 0 Å². The van der Waals surface area contributed by atoms with Gasteiger partial charge in [0.05, 0.1) is 17.2 Å². The highest BCUT2D eigenvalue weighted by atomic mass is 35.5. The predicted octanol–water partition coefficient (Wildman–Crippen LogP) is 5.43. The van der Waals surface area contributed by atoms with E-state index in [-0.39, 0.29) is 29.0 Å². The van der Waals surface area contributed by atoms with Crippen LogP contribution in [0.5, 0.6) is 5.75 Å². The van der Waals surface area contributed by atoms with E-state index in [2.05, 4.69) is 5.32 Å². The van der Waals surface area contributed by atoms with E-state index in [1.54, 1.807) is 67.6 Å². The first-order chi connectivity index (χ1) is 19.4. The summed E-state index contributed by atoms with van der Waals surface area (Å²) in [5, 5.41) is 3.31. The third kappa shape index (κ3) is 8.47. The van der Waals surface area contributed by atoms with E-state index >= 15 is 0 Å². The minimum atomic E-state index is -4.15. The summed E-state index contributed by atoms with van der Waals surface area (Å²) < 4.78 is 34.4. The Balaban J connectivity index is 2.03. The lowest BCUT2D eigenvalue weighted by Crippen LogP contribution is -2.51. The van der Waals surface area contributed by atoms with Gasteiger partial charge in [0.25, 0.3) is 10.0 Å². The number of benzene rings is 3. The van der Waals surface area contributed by atoms with Gasteiger partial charge in [-0.05, 0) is 74.7 Å². The molecule has 3 aromatic rings. The Morgan fingerprint density at radius 2 is 1.59 bits per heavy atom. The zero-order valence-corrected chi connectivity index (χ0v) is 25.7. The average molecular weight is 600 g/mol. The highest BCUT2D eigenvalue weighted by Gasteiger charge is 2.32. The van der Waals surface area contributed by atoms with Gasteiger partial charge in [0.1, 0.15) is 18.3 Å². The molecule has 0 aromatic heterocycles. The number of carbonyl (C=O) groups is 2. The molecule has 10 heteroatoms. The second-order valence-corrected chi connectivity index (χ2v) is 12.4. The van der Waals surface area contributed by atoms with E-state index in [9.17, 15) is 18.0 Å². The molecule has 3 aromatic carbocycles. The van der Waals surface area contributed by atoms with Crippen molar-refractivity contribution in [3.05, 3.63) is 88.9 Å². The van der Waals surface area contributed by atoms with Gasteiger partial charge in [0.15, 0.2) is 0 Å². The molecule has 0 radical (unpaired) electrons. The van der Waals surface area contributed by atoms with Crippen LogP contribution in [0.3, 0.4) is 0 Å². The van der Waals surface area contributed by atoms with Gasteiger partial charge in [0.2, 0.25) is 11.8 Å². The number of nitrogens with zero attached hydrogens (tertiary/aromatic N) is 2. The third-order valence-electron chi connectivity index (χ3n) is 6.47. The molecule has 3 rings (SSSR count). The Morgan fingerprint density at radius 3 is 2.17 bits per heavy atom. The molecule has 8 nitrogen and oxygen atoms in total. The third-order valence-corrected chi connectivity index (χ3v) is 8.63. The molecule has 220 valence electrons. The van der Waals surface area contributed by atoms with Crippen molar-refractivity contribution in [1.82, 2.24) is 10.2 Å². The van der Waals surface area contributed by atoms with Crippen LogP contribution in [0.25, 0.3) is 0 Å². The zero-order chi connectivity index (χ0) is 30.2. The summed E-state index contributed by atoms with van der Waals surface area (Å²) in [6.07, 6.45) is 0. The number of hydrogen-bond acceptors (Lipinski definition) is 5. The number of carbonyl (C=O) groups excluding carboxylic acids is 2. The number of aryl methyl sites for hydroxylation is 1. The van der Waals surface area contributed by atoms with Crippen molar-refractivity contribution in [2.75, 3.05) is 24.0 Å². The average Bonchev–Trinajstić information content (AvgIpc) is 2.94. The lowest BCUT2D eigenvalue weighted by Gasteiger charge is -2.32. The smallest absolute Gasteiger partial charge is 0.264 e. The largest absolute Gasteiger partial charge is 0.494 e. The Kier molecular flexibility index (Phi) is 11.2. The van der Waals surface area contributed by atoms with Gasteiger partial charge < -0.3 is 15.0 Å². The highest BCUT2D eigenvalue weighted by molar-refractivity contribution is 7.92. The molecule has 0 fully saturated rings. The van der Waals surface area contributed by atoms with E-state index in [1.165, 1.54) is 17.0 Å². The summed E-state index contributed by atoms with van der Waals surface area (Å²) in [4.78, 5) is 28.5. The molecule has 0 aliphatic rings. The van der Waals surface area contributed by atoms with Crippen LogP contribution in [0.4, 0.5) is 5.69 Å². The fourth-order valence-corrected chi connectivity index (χ4v) is 5.70. The second-order valence-electron chi connectivity index (χ2n) is 10.2. The molecule has 41 heavy (non-hydrogen) atoms. The van der Waals surface area contributed by atoms with E-state index in [0.29, 0.717) is 29.5 Å². The van der Waals surface area contributed by atoms with Gasteiger partial charge in [-0.15, -0.1) is 0 Å². The van der Waals surface area contributed by atoms with Crippen LogP contribution < -0.4 is 14.4 Å². The number of halogens is 1. The molecule has 0 aliphatic heterocycles. The molecular weight excluding hydrogens is 562 g/mol. The molecule has 0 unspecified atom stereocenters. The molecule has 2 amide bonds. The summed E-state index contributed by atoms with van der Waals surface area (Å²) >= 11 is 6.41. The Hall–Kier alpha value is -3.56. The first-order valence-electron chi connectivity index (χ1n) is 13.6. The number of ether oxygens (including phenoxy) is 1. The van der Waals surface area contributed by atoms with Crippen LogP contribution in [0.1, 0.15) is 38.8 Å². The quantitative estimate of drug-likeness (QED) is 0.283. The maximum atomic E-state index is 14.0. The molecule has 0 heterocycles. The Morgan fingerprint density at radius 1 is 0.951 bits per heavy atom. The topological polar surface area (TPSA) is 96.0 Å². The van der Waals surface area contributed by atoms with Crippen LogP contribution in [-0.4, -0.2) is 50.9 Å². The van der Waals surface area contributed by atoms with Crippen molar-refractivity contribution in [2.45, 2.75) is 52.1 Å². The van der Waals surface area contributed by atoms with Gasteiger partial charge in [0, 0.05) is 18.1 Å². The van der Waals surface area contributed by atoms with Crippen LogP contribution in [0.2, 0.25) is 5.02 Å². The molecule has 0 bridgehead atoms. The van der Waals surface area contributed by atoms with Crippen molar-refractivity contribution in [2.24, 2.45) is 5.92 Å². The van der Waals surface area contributed by atoms with Crippen molar-refractivity contribution < 1.29 is 22.7 Å². The lowest BCUT2D eigenvalue weighted by atomic mass is 10.1. The standard InChI is InChI=1S/C31H38ClN3O5S/c1-6-40-27-15-13-26(14-16-27)35(41(38,39)28-17-11-23(4)12-18-28)21-30(36)34(20-25-9-7-8-10-29(25)32)24(5)31(37)33-19-22(2)3/h7-18,22,24H,6,19-21H2,1-5H3,(H,33,37)/t24-/m1/s1. The maximum Gasteiger partial charge on any atom is 0.264 e. The van der Waals surface area contributed by atoms with E-state index in [1.807, 2.05) is 27.7 Å². The van der Waals surface area contributed by atoms with Crippen LogP contribution >= 0.6 is 11.6 Å². The minimum Gasteiger partial charge on any atom is -0.494 e. The molecular formula is C31H38ClN3O5S. The van der Waals surface area contributed by atoms with E-state index < -0.39 is 28.5 Å². The lowest BCUT2D eigenvalue weighted by molar-refractivity contribution is -0.139. The molecule has 0 aliphatic carbocycles. The maximum absolute atomic E-state index is 14.0. The summed E-state index contributed by atoms with van der Waals surface area (Å²) in [5.74, 6) is -0.102. The van der Waals surface area contributed by atoms with Crippen LogP contribution in [0, 0.1) is 12.8 Å². The van der Waals surface area contributed by atoms with Gasteiger partial charge in [-0.25, -0.2) is 8.42 Å². The molecule has 1 N–H and O–H groups in total.